The van der Waals surface area contributed by atoms with E-state index in [4.69, 9.17) is 0 Å². The summed E-state index contributed by atoms with van der Waals surface area (Å²) in [5, 5.41) is 9.02. The Hall–Kier alpha value is -2.21. The van der Waals surface area contributed by atoms with E-state index in [9.17, 15) is 0 Å². The largest absolute Gasteiger partial charge is 0.368 e. The highest BCUT2D eigenvalue weighted by atomic mass is 127. The number of aliphatic imine (C=N–C) groups is 1. The van der Waals surface area contributed by atoms with Crippen molar-refractivity contribution in [2.45, 2.75) is 13.3 Å². The molecule has 166 valence electrons. The molecule has 2 N–H and O–H groups in total. The van der Waals surface area contributed by atoms with E-state index in [1.54, 1.807) is 0 Å². The second-order valence-corrected chi connectivity index (χ2v) is 7.84. The highest BCUT2D eigenvalue weighted by molar-refractivity contribution is 14.0. The van der Waals surface area contributed by atoms with Gasteiger partial charge in [0.2, 0.25) is 5.13 Å². The maximum atomic E-state index is 4.65. The van der Waals surface area contributed by atoms with Gasteiger partial charge in [-0.05, 0) is 18.2 Å². The molecule has 3 heterocycles. The molecule has 1 saturated heterocycles. The molecule has 0 atom stereocenters. The molecule has 0 aliphatic carbocycles. The lowest BCUT2D eigenvalue weighted by atomic mass is 10.2. The molecule has 10 heteroatoms. The van der Waals surface area contributed by atoms with Crippen molar-refractivity contribution in [2.75, 3.05) is 56.5 Å². The Labute approximate surface area is 204 Å². The van der Waals surface area contributed by atoms with E-state index < -0.39 is 0 Å². The fourth-order valence-electron chi connectivity index (χ4n) is 3.49. The summed E-state index contributed by atoms with van der Waals surface area (Å²) in [6, 6.07) is 12.3. The lowest BCUT2D eigenvalue weighted by molar-refractivity contribution is 0.373. The number of hydrogen-bond donors (Lipinski definition) is 2. The molecule has 0 radical (unpaired) electrons. The van der Waals surface area contributed by atoms with Gasteiger partial charge in [-0.3, -0.25) is 4.99 Å². The number of halogens is 1. The van der Waals surface area contributed by atoms with Gasteiger partial charge in [0.05, 0.1) is 5.52 Å². The molecular formula is C21H29IN8S. The van der Waals surface area contributed by atoms with E-state index in [1.807, 2.05) is 31.3 Å². The Balaban J connectivity index is 0.00000272. The number of hydrogen-bond acceptors (Lipinski definition) is 7. The van der Waals surface area contributed by atoms with E-state index in [0.717, 1.165) is 79.3 Å². The van der Waals surface area contributed by atoms with Crippen LogP contribution in [-0.4, -0.2) is 71.5 Å². The molecule has 1 aromatic carbocycles. The molecule has 3 aromatic rings. The van der Waals surface area contributed by atoms with Crippen molar-refractivity contribution in [3.05, 3.63) is 42.2 Å². The van der Waals surface area contributed by atoms with Crippen LogP contribution >= 0.6 is 35.5 Å². The van der Waals surface area contributed by atoms with Crippen LogP contribution in [0.4, 0.5) is 10.9 Å². The molecule has 1 fully saturated rings. The summed E-state index contributed by atoms with van der Waals surface area (Å²) in [5.74, 6) is 2.76. The normalized spacial score (nSPS) is 14.5. The molecule has 1 aliphatic heterocycles. The minimum Gasteiger partial charge on any atom is -0.368 e. The quantitative estimate of drug-likeness (QED) is 0.211. The smallest absolute Gasteiger partial charge is 0.205 e. The minimum atomic E-state index is 0. The number of guanidine groups is 1. The summed E-state index contributed by atoms with van der Waals surface area (Å²) >= 11 is 1.50. The first-order chi connectivity index (χ1) is 14.8. The van der Waals surface area contributed by atoms with E-state index in [1.165, 1.54) is 11.5 Å². The third kappa shape index (κ3) is 5.94. The molecule has 0 amide bonds. The second-order valence-electron chi connectivity index (χ2n) is 7.11. The van der Waals surface area contributed by atoms with Crippen molar-refractivity contribution in [3.63, 3.8) is 0 Å². The topological polar surface area (TPSA) is 81.6 Å². The number of para-hydroxylation sites is 1. The minimum absolute atomic E-state index is 0. The van der Waals surface area contributed by atoms with Gasteiger partial charge < -0.3 is 20.4 Å². The number of piperazine rings is 1. The standard InChI is InChI=1S/C21H28N8S.HI/c1-3-18-26-21(30-27-18)29-14-12-28(13-15-29)20(22-2)24-11-10-23-19-9-8-16-6-4-5-7-17(16)25-19;/h4-9H,3,10-15H2,1-2H3,(H,22,24)(H,23,25);1H. The van der Waals surface area contributed by atoms with Crippen LogP contribution in [0.25, 0.3) is 10.9 Å². The molecule has 2 aromatic heterocycles. The average molecular weight is 552 g/mol. The van der Waals surface area contributed by atoms with Gasteiger partial charge in [0, 0.05) is 69.7 Å². The number of pyridine rings is 1. The van der Waals surface area contributed by atoms with Crippen LogP contribution < -0.4 is 15.5 Å². The zero-order valence-electron chi connectivity index (χ0n) is 17.9. The summed E-state index contributed by atoms with van der Waals surface area (Å²) in [6.45, 7) is 7.33. The molecular weight excluding hydrogens is 523 g/mol. The van der Waals surface area contributed by atoms with Crippen molar-refractivity contribution >= 4 is 63.3 Å². The predicted octanol–water partition coefficient (Wildman–Crippen LogP) is 3.08. The van der Waals surface area contributed by atoms with Gasteiger partial charge in [0.15, 0.2) is 5.96 Å². The van der Waals surface area contributed by atoms with E-state index in [2.05, 4.69) is 58.8 Å². The van der Waals surface area contributed by atoms with E-state index in [0.29, 0.717) is 0 Å². The Kier molecular flexibility index (Phi) is 8.64. The average Bonchev–Trinajstić information content (AvgIpc) is 3.29. The van der Waals surface area contributed by atoms with Gasteiger partial charge >= 0.3 is 0 Å². The van der Waals surface area contributed by atoms with Gasteiger partial charge in [0.25, 0.3) is 0 Å². The zero-order valence-corrected chi connectivity index (χ0v) is 21.1. The Morgan fingerprint density at radius 3 is 2.61 bits per heavy atom. The maximum absolute atomic E-state index is 4.65. The fraction of sp³-hybridized carbons (Fsp3) is 0.429. The highest BCUT2D eigenvalue weighted by Gasteiger charge is 2.21. The third-order valence-electron chi connectivity index (χ3n) is 5.15. The summed E-state index contributed by atoms with van der Waals surface area (Å²) in [5.41, 5.74) is 1.01. The number of anilines is 2. The second kappa shape index (κ2) is 11.4. The number of rotatable bonds is 6. The number of aromatic nitrogens is 3. The monoisotopic (exact) mass is 552 g/mol. The molecule has 0 unspecified atom stereocenters. The lowest BCUT2D eigenvalue weighted by Gasteiger charge is -2.36. The van der Waals surface area contributed by atoms with Crippen LogP contribution in [0.3, 0.4) is 0 Å². The molecule has 4 rings (SSSR count). The molecule has 1 aliphatic rings. The Morgan fingerprint density at radius 2 is 1.87 bits per heavy atom. The van der Waals surface area contributed by atoms with Gasteiger partial charge in [-0.15, -0.1) is 24.0 Å². The summed E-state index contributed by atoms with van der Waals surface area (Å²) in [4.78, 5) is 18.3. The van der Waals surface area contributed by atoms with Crippen LogP contribution in [0.5, 0.6) is 0 Å². The number of nitrogens with zero attached hydrogens (tertiary/aromatic N) is 6. The molecule has 8 nitrogen and oxygen atoms in total. The summed E-state index contributed by atoms with van der Waals surface area (Å²) < 4.78 is 4.40. The van der Waals surface area contributed by atoms with Crippen LogP contribution in [0.15, 0.2) is 41.4 Å². The first-order valence-electron chi connectivity index (χ1n) is 10.4. The first kappa shape index (κ1) is 23.5. The van der Waals surface area contributed by atoms with Crippen molar-refractivity contribution in [3.8, 4) is 0 Å². The third-order valence-corrected chi connectivity index (χ3v) is 5.96. The van der Waals surface area contributed by atoms with Gasteiger partial charge in [-0.1, -0.05) is 25.1 Å². The van der Waals surface area contributed by atoms with Crippen molar-refractivity contribution in [1.29, 1.82) is 0 Å². The Morgan fingerprint density at radius 1 is 1.06 bits per heavy atom. The Bertz CT molecular complexity index is 1000. The number of nitrogens with one attached hydrogen (secondary N) is 2. The van der Waals surface area contributed by atoms with Gasteiger partial charge in [-0.2, -0.15) is 4.37 Å². The first-order valence-corrected chi connectivity index (χ1v) is 11.2. The van der Waals surface area contributed by atoms with Crippen molar-refractivity contribution in [1.82, 2.24) is 24.6 Å². The van der Waals surface area contributed by atoms with Crippen LogP contribution in [-0.2, 0) is 6.42 Å². The fourth-order valence-corrected chi connectivity index (χ4v) is 4.29. The maximum Gasteiger partial charge on any atom is 0.205 e. The molecule has 0 saturated carbocycles. The van der Waals surface area contributed by atoms with Gasteiger partial charge in [0.1, 0.15) is 11.6 Å². The zero-order chi connectivity index (χ0) is 20.8. The van der Waals surface area contributed by atoms with Crippen molar-refractivity contribution < 1.29 is 0 Å². The number of aryl methyl sites for hydroxylation is 1. The lowest BCUT2D eigenvalue weighted by Crippen LogP contribution is -2.53. The summed E-state index contributed by atoms with van der Waals surface area (Å²) in [6.07, 6.45) is 0.885. The van der Waals surface area contributed by atoms with E-state index in [-0.39, 0.29) is 24.0 Å². The number of benzene rings is 1. The van der Waals surface area contributed by atoms with E-state index >= 15 is 0 Å². The van der Waals surface area contributed by atoms with Crippen molar-refractivity contribution in [2.24, 2.45) is 4.99 Å². The highest BCUT2D eigenvalue weighted by Crippen LogP contribution is 2.19. The van der Waals surface area contributed by atoms with Gasteiger partial charge in [-0.25, -0.2) is 9.97 Å². The SMILES string of the molecule is CCc1nsc(N2CCN(C(=NC)NCCNc3ccc4ccccc4n3)CC2)n1.I. The van der Waals surface area contributed by atoms with Crippen LogP contribution in [0.2, 0.25) is 0 Å². The van der Waals surface area contributed by atoms with Crippen LogP contribution in [0.1, 0.15) is 12.7 Å². The molecule has 31 heavy (non-hydrogen) atoms. The molecule has 0 bridgehead atoms. The predicted molar refractivity (Wildman–Crippen MR) is 140 cm³/mol. The van der Waals surface area contributed by atoms with Crippen LogP contribution in [0, 0.1) is 0 Å². The molecule has 0 spiro atoms. The number of fused-ring (bicyclic) bond motifs is 1. The summed E-state index contributed by atoms with van der Waals surface area (Å²) in [7, 11) is 1.84.